The van der Waals surface area contributed by atoms with E-state index in [0.29, 0.717) is 0 Å². The third-order valence-corrected chi connectivity index (χ3v) is 1.10. The Labute approximate surface area is 55.8 Å². The topological polar surface area (TPSA) is 12.4 Å². The number of hydrogen-bond donors (Lipinski definition) is 0. The molecule has 0 N–H and O–H groups in total. The first-order chi connectivity index (χ1) is 4.29. The van der Waals surface area contributed by atoms with E-state index in [-0.39, 0.29) is 0 Å². The van der Waals surface area contributed by atoms with Crippen LogP contribution in [-0.2, 0) is 0 Å². The third kappa shape index (κ3) is 1.84. The maximum Gasteiger partial charge on any atom is 0.0588 e. The van der Waals surface area contributed by atoms with Gasteiger partial charge in [0.1, 0.15) is 0 Å². The van der Waals surface area contributed by atoms with Crippen molar-refractivity contribution in [3.63, 3.8) is 0 Å². The smallest absolute Gasteiger partial charge is 0.0588 e. The number of allylic oxidation sites excluding steroid dienone is 3. The monoisotopic (exact) mass is 121 g/mol. The molecular formula is C8H11N. The second-order valence-electron chi connectivity index (χ2n) is 2.33. The first kappa shape index (κ1) is 6.27. The molecule has 0 radical (unpaired) electrons. The van der Waals surface area contributed by atoms with E-state index in [1.807, 2.05) is 19.9 Å². The van der Waals surface area contributed by atoms with Gasteiger partial charge >= 0.3 is 0 Å². The van der Waals surface area contributed by atoms with Gasteiger partial charge in [0, 0.05) is 5.71 Å². The van der Waals surface area contributed by atoms with Crippen molar-refractivity contribution < 1.29 is 0 Å². The van der Waals surface area contributed by atoms with Gasteiger partial charge in [0.2, 0.25) is 0 Å². The van der Waals surface area contributed by atoms with Crippen molar-refractivity contribution in [1.29, 1.82) is 0 Å². The van der Waals surface area contributed by atoms with E-state index >= 15 is 0 Å². The largest absolute Gasteiger partial charge is 0.259 e. The summed E-state index contributed by atoms with van der Waals surface area (Å²) in [5, 5.41) is 0. The minimum Gasteiger partial charge on any atom is -0.259 e. The van der Waals surface area contributed by atoms with Crippen LogP contribution in [0.2, 0.25) is 0 Å². The molecule has 0 fully saturated rings. The molecule has 1 nitrogen and oxygen atoms in total. The van der Waals surface area contributed by atoms with Crippen LogP contribution in [0, 0.1) is 0 Å². The van der Waals surface area contributed by atoms with Crippen LogP contribution in [0.15, 0.2) is 28.9 Å². The summed E-state index contributed by atoms with van der Waals surface area (Å²) in [4.78, 5) is 4.27. The molecule has 0 heterocycles. The SMILES string of the molecule is CC(C)=NC1=CCC=C1. The summed E-state index contributed by atoms with van der Waals surface area (Å²) in [6, 6.07) is 0. The van der Waals surface area contributed by atoms with E-state index < -0.39 is 0 Å². The van der Waals surface area contributed by atoms with E-state index in [1.54, 1.807) is 0 Å². The summed E-state index contributed by atoms with van der Waals surface area (Å²) in [6.07, 6.45) is 7.33. The fourth-order valence-corrected chi connectivity index (χ4v) is 0.787. The Hall–Kier alpha value is -0.850. The summed E-state index contributed by atoms with van der Waals surface area (Å²) in [5.74, 6) is 0. The van der Waals surface area contributed by atoms with Crippen molar-refractivity contribution in [2.45, 2.75) is 20.3 Å². The Morgan fingerprint density at radius 2 is 2.33 bits per heavy atom. The maximum atomic E-state index is 4.27. The van der Waals surface area contributed by atoms with Crippen LogP contribution in [0.25, 0.3) is 0 Å². The van der Waals surface area contributed by atoms with Crippen LogP contribution < -0.4 is 0 Å². The van der Waals surface area contributed by atoms with Crippen molar-refractivity contribution in [3.05, 3.63) is 23.9 Å². The molecule has 1 heteroatoms. The Morgan fingerprint density at radius 3 is 2.78 bits per heavy atom. The standard InChI is InChI=1S/C8H11N/c1-7(2)9-8-5-3-4-6-8/h3,5-6H,4H2,1-2H3. The summed E-state index contributed by atoms with van der Waals surface area (Å²) in [5.41, 5.74) is 2.22. The molecule has 9 heavy (non-hydrogen) atoms. The lowest BCUT2D eigenvalue weighted by Crippen LogP contribution is -1.79. The molecule has 0 bridgehead atoms. The highest BCUT2D eigenvalue weighted by Gasteiger charge is 1.92. The number of aliphatic imine (C=N–C) groups is 1. The molecule has 0 unspecified atom stereocenters. The number of nitrogens with zero attached hydrogens (tertiary/aromatic N) is 1. The minimum atomic E-state index is 1.05. The van der Waals surface area contributed by atoms with Crippen molar-refractivity contribution in [2.75, 3.05) is 0 Å². The van der Waals surface area contributed by atoms with Crippen LogP contribution in [0.1, 0.15) is 20.3 Å². The molecule has 0 saturated carbocycles. The summed E-state index contributed by atoms with van der Waals surface area (Å²) in [7, 11) is 0. The molecule has 1 aliphatic carbocycles. The lowest BCUT2D eigenvalue weighted by Gasteiger charge is -1.88. The predicted octanol–water partition coefficient (Wildman–Crippen LogP) is 2.31. The van der Waals surface area contributed by atoms with Crippen molar-refractivity contribution >= 4 is 5.71 Å². The van der Waals surface area contributed by atoms with Crippen molar-refractivity contribution in [1.82, 2.24) is 0 Å². The Bertz CT molecular complexity index is 181. The summed E-state index contributed by atoms with van der Waals surface area (Å²) in [6.45, 7) is 4.01. The van der Waals surface area contributed by atoms with Gasteiger partial charge in [0.05, 0.1) is 5.70 Å². The highest BCUT2D eigenvalue weighted by atomic mass is 14.7. The molecule has 1 aliphatic rings. The molecule has 48 valence electrons. The van der Waals surface area contributed by atoms with E-state index in [2.05, 4.69) is 17.1 Å². The van der Waals surface area contributed by atoms with Gasteiger partial charge in [-0.1, -0.05) is 12.2 Å². The van der Waals surface area contributed by atoms with Crippen LogP contribution in [-0.4, -0.2) is 5.71 Å². The highest BCUT2D eigenvalue weighted by molar-refractivity contribution is 5.80. The molecule has 0 atom stereocenters. The van der Waals surface area contributed by atoms with Gasteiger partial charge in [-0.25, -0.2) is 0 Å². The minimum absolute atomic E-state index is 1.05. The van der Waals surface area contributed by atoms with Crippen LogP contribution in [0.4, 0.5) is 0 Å². The number of rotatable bonds is 1. The first-order valence-electron chi connectivity index (χ1n) is 3.17. The molecule has 0 aromatic heterocycles. The quantitative estimate of drug-likeness (QED) is 0.472. The van der Waals surface area contributed by atoms with Gasteiger partial charge in [-0.3, -0.25) is 4.99 Å². The van der Waals surface area contributed by atoms with E-state index in [4.69, 9.17) is 0 Å². The molecule has 0 aromatic carbocycles. The van der Waals surface area contributed by atoms with Crippen LogP contribution in [0.5, 0.6) is 0 Å². The van der Waals surface area contributed by atoms with Crippen LogP contribution >= 0.6 is 0 Å². The molecule has 0 aromatic rings. The zero-order valence-corrected chi connectivity index (χ0v) is 5.89. The fourth-order valence-electron chi connectivity index (χ4n) is 0.787. The van der Waals surface area contributed by atoms with E-state index in [9.17, 15) is 0 Å². The first-order valence-corrected chi connectivity index (χ1v) is 3.17. The predicted molar refractivity (Wildman–Crippen MR) is 40.6 cm³/mol. The average Bonchev–Trinajstić information content (AvgIpc) is 2.15. The van der Waals surface area contributed by atoms with Gasteiger partial charge in [-0.2, -0.15) is 0 Å². The zero-order chi connectivity index (χ0) is 6.69. The summed E-state index contributed by atoms with van der Waals surface area (Å²) >= 11 is 0. The average molecular weight is 121 g/mol. The van der Waals surface area contributed by atoms with Gasteiger partial charge < -0.3 is 0 Å². The lowest BCUT2D eigenvalue weighted by atomic mass is 10.4. The second-order valence-corrected chi connectivity index (χ2v) is 2.33. The maximum absolute atomic E-state index is 4.27. The van der Waals surface area contributed by atoms with E-state index in [0.717, 1.165) is 17.8 Å². The summed E-state index contributed by atoms with van der Waals surface area (Å²) < 4.78 is 0. The fraction of sp³-hybridized carbons (Fsp3) is 0.375. The lowest BCUT2D eigenvalue weighted by molar-refractivity contribution is 1.36. The highest BCUT2D eigenvalue weighted by Crippen LogP contribution is 2.09. The second kappa shape index (κ2) is 2.62. The molecule has 0 aliphatic heterocycles. The molecule has 0 amide bonds. The van der Waals surface area contributed by atoms with Gasteiger partial charge in [-0.05, 0) is 26.3 Å². The van der Waals surface area contributed by atoms with Gasteiger partial charge in [0.15, 0.2) is 0 Å². The van der Waals surface area contributed by atoms with Crippen molar-refractivity contribution in [2.24, 2.45) is 4.99 Å². The number of hydrogen-bond acceptors (Lipinski definition) is 1. The zero-order valence-electron chi connectivity index (χ0n) is 5.89. The van der Waals surface area contributed by atoms with Gasteiger partial charge in [-0.15, -0.1) is 0 Å². The van der Waals surface area contributed by atoms with E-state index in [1.165, 1.54) is 0 Å². The Morgan fingerprint density at radius 1 is 1.56 bits per heavy atom. The van der Waals surface area contributed by atoms with Crippen LogP contribution in [0.3, 0.4) is 0 Å². The molecule has 1 rings (SSSR count). The Kier molecular flexibility index (Phi) is 1.83. The third-order valence-electron chi connectivity index (χ3n) is 1.10. The van der Waals surface area contributed by atoms with Crippen molar-refractivity contribution in [3.8, 4) is 0 Å². The molecule has 0 spiro atoms. The normalized spacial score (nSPS) is 15.6. The van der Waals surface area contributed by atoms with Gasteiger partial charge in [0.25, 0.3) is 0 Å². The Balaban J connectivity index is 2.64. The molecular weight excluding hydrogens is 110 g/mol. The molecule has 0 saturated heterocycles.